The third-order valence-electron chi connectivity index (χ3n) is 2.80. The lowest BCUT2D eigenvalue weighted by Gasteiger charge is -2.30. The Kier molecular flexibility index (Phi) is 21.7. The maximum absolute atomic E-state index is 12.4. The van der Waals surface area contributed by atoms with E-state index in [-0.39, 0.29) is 6.26 Å². The Labute approximate surface area is 246 Å². The number of alkyl halides is 15. The molecular formula is C14H9F22O9S2-. The number of hydrogen-bond donors (Lipinski definition) is 0. The van der Waals surface area contributed by atoms with E-state index >= 15 is 0 Å². The van der Waals surface area contributed by atoms with E-state index in [1.165, 1.54) is 0 Å². The highest BCUT2D eigenvalue weighted by Crippen LogP contribution is 2.44. The van der Waals surface area contributed by atoms with E-state index in [1.54, 1.807) is 4.74 Å². The molecule has 0 fully saturated rings. The number of halogens is 22. The van der Waals surface area contributed by atoms with Crippen molar-refractivity contribution >= 4 is 22.1 Å². The monoisotopic (exact) mass is 803 g/mol. The van der Waals surface area contributed by atoms with E-state index in [4.69, 9.17) is 17.2 Å². The van der Waals surface area contributed by atoms with Crippen LogP contribution in [-0.2, 0) is 45.8 Å². The molecule has 1 aliphatic heterocycles. The van der Waals surface area contributed by atoms with E-state index in [1.807, 2.05) is 4.74 Å². The highest BCUT2D eigenvalue weighted by atomic mass is 32.3. The van der Waals surface area contributed by atoms with Crippen molar-refractivity contribution < 1.29 is 136 Å². The van der Waals surface area contributed by atoms with Crippen molar-refractivity contribution in [3.05, 3.63) is 24.4 Å². The molecular weight excluding hydrogens is 794 g/mol. The first kappa shape index (κ1) is 51.2. The van der Waals surface area contributed by atoms with Gasteiger partial charge in [0, 0.05) is 6.92 Å². The molecule has 2 atom stereocenters. The Morgan fingerprint density at radius 2 is 1.30 bits per heavy atom. The number of ether oxygens (including phenoxy) is 5. The topological polar surface area (TPSA) is 120 Å². The van der Waals surface area contributed by atoms with E-state index in [9.17, 15) is 95.1 Å². The molecule has 47 heavy (non-hydrogen) atoms. The van der Waals surface area contributed by atoms with Crippen LogP contribution in [0.15, 0.2) is 24.4 Å². The van der Waals surface area contributed by atoms with Gasteiger partial charge in [-0.1, -0.05) is 7.77 Å². The lowest BCUT2D eigenvalue weighted by molar-refractivity contribution is -0.520. The summed E-state index contributed by atoms with van der Waals surface area (Å²) in [5.74, 6) is -2.86. The van der Waals surface area contributed by atoms with E-state index in [0.29, 0.717) is 6.92 Å². The molecule has 0 aromatic carbocycles. The molecule has 1 aliphatic rings. The van der Waals surface area contributed by atoms with Crippen molar-refractivity contribution in [1.29, 1.82) is 0 Å². The molecule has 0 radical (unpaired) electrons. The van der Waals surface area contributed by atoms with Crippen molar-refractivity contribution in [3.8, 4) is 0 Å². The minimum atomic E-state index is -6.56. The second kappa shape index (κ2) is 20.0. The number of hydrogen-bond acceptors (Lipinski definition) is 9. The van der Waals surface area contributed by atoms with Crippen LogP contribution in [0.25, 0.3) is 0 Å². The van der Waals surface area contributed by atoms with Crippen molar-refractivity contribution in [2.24, 2.45) is 0 Å². The summed E-state index contributed by atoms with van der Waals surface area (Å²) in [6.07, 6.45) is -36.6. The molecule has 0 saturated heterocycles. The fourth-order valence-electron chi connectivity index (χ4n) is 1.17. The van der Waals surface area contributed by atoms with Crippen LogP contribution in [0, 0.1) is 0 Å². The first-order chi connectivity index (χ1) is 20.4. The predicted octanol–water partition coefficient (Wildman–Crippen LogP) is 7.59. The lowest BCUT2D eigenvalue weighted by Crippen LogP contribution is -2.53. The molecule has 0 spiro atoms. The van der Waals surface area contributed by atoms with E-state index in [2.05, 4.69) is 14.2 Å². The van der Waals surface area contributed by atoms with Crippen LogP contribution in [0.4, 0.5) is 95.1 Å². The standard InChI is InChI=1S/C6H3F11O2.C5H4F4O2.C3H2F4O.F2O2S.FHO2S/c7-1-3(10,11)18-5(14,15)6(16,17)19-4(12,13)2(8)9;1-4(5(7,8)9)10-2-3(6)11-4;4-1-8-3(7)2(5)6;1-5(2,3)4;1-4(2)3/h2H,1H2;2H,1H3;1H2;;(H,2,3)/p-1. The highest BCUT2D eigenvalue weighted by molar-refractivity contribution is 7.81. The Morgan fingerprint density at radius 1 is 0.936 bits per heavy atom. The van der Waals surface area contributed by atoms with Crippen LogP contribution < -0.4 is 0 Å². The third kappa shape index (κ3) is 25.1. The molecule has 0 bridgehead atoms. The quantitative estimate of drug-likeness (QED) is 0.101. The van der Waals surface area contributed by atoms with Gasteiger partial charge in [-0.05, 0) is 0 Å². The molecule has 0 aromatic rings. The molecule has 2 unspecified atom stereocenters. The van der Waals surface area contributed by atoms with Crippen molar-refractivity contribution in [1.82, 2.24) is 0 Å². The molecule has 9 nitrogen and oxygen atoms in total. The number of rotatable bonds is 9. The summed E-state index contributed by atoms with van der Waals surface area (Å²) >= 11 is -3.36. The minimum absolute atomic E-state index is 0.285. The molecule has 1 heterocycles. The van der Waals surface area contributed by atoms with Crippen LogP contribution in [0.5, 0.6) is 0 Å². The SMILES string of the molecule is CC1(C(F)(F)F)OC=C(F)O1.FCC(F)(F)OC(F)(F)C(F)(F)OC(F)(F)C(F)F.FCOC(F)=C(F)F.O=S(=O)(F)F.O=S([O-])F. The molecule has 0 amide bonds. The zero-order valence-electron chi connectivity index (χ0n) is 20.9. The average Bonchev–Trinajstić information content (AvgIpc) is 3.17. The molecule has 0 saturated carbocycles. The average molecular weight is 803 g/mol. The van der Waals surface area contributed by atoms with Gasteiger partial charge in [-0.3, -0.25) is 0 Å². The van der Waals surface area contributed by atoms with Gasteiger partial charge in [0.25, 0.3) is 0 Å². The van der Waals surface area contributed by atoms with Crippen molar-refractivity contribution in [2.75, 3.05) is 13.5 Å². The summed E-state index contributed by atoms with van der Waals surface area (Å²) in [7, 11) is -5.67. The lowest BCUT2D eigenvalue weighted by atomic mass is 10.3. The molecule has 0 aliphatic carbocycles. The maximum atomic E-state index is 12.4. The molecule has 0 N–H and O–H groups in total. The summed E-state index contributed by atoms with van der Waals surface area (Å²) in [6.45, 7) is -3.98. The normalized spacial score (nSPS) is 17.3. The van der Waals surface area contributed by atoms with Gasteiger partial charge < -0.3 is 18.8 Å². The summed E-state index contributed by atoms with van der Waals surface area (Å²) < 4.78 is 301. The predicted molar refractivity (Wildman–Crippen MR) is 98.3 cm³/mol. The first-order valence-corrected chi connectivity index (χ1v) is 11.5. The minimum Gasteiger partial charge on any atom is -0.746 e. The van der Waals surface area contributed by atoms with Gasteiger partial charge in [-0.2, -0.15) is 74.3 Å². The van der Waals surface area contributed by atoms with Crippen LogP contribution >= 0.6 is 0 Å². The zero-order chi connectivity index (χ0) is 39.0. The van der Waals surface area contributed by atoms with Gasteiger partial charge in [0.15, 0.2) is 12.9 Å². The Hall–Kier alpha value is -2.68. The molecule has 33 heteroatoms. The van der Waals surface area contributed by atoms with Gasteiger partial charge in [0.05, 0.1) is 0 Å². The van der Waals surface area contributed by atoms with Gasteiger partial charge in [-0.15, -0.1) is 3.89 Å². The maximum Gasteiger partial charge on any atom is 0.476 e. The van der Waals surface area contributed by atoms with Crippen LogP contribution in [0.1, 0.15) is 6.92 Å². The van der Waals surface area contributed by atoms with Gasteiger partial charge in [0.1, 0.15) is 11.5 Å². The van der Waals surface area contributed by atoms with Gasteiger partial charge in [-0.25, -0.2) is 31.2 Å². The fourth-order valence-corrected chi connectivity index (χ4v) is 1.17. The zero-order valence-corrected chi connectivity index (χ0v) is 22.5. The van der Waals surface area contributed by atoms with Crippen LogP contribution in [0.3, 0.4) is 0 Å². The summed E-state index contributed by atoms with van der Waals surface area (Å²) in [4.78, 5) is 0. The summed E-state index contributed by atoms with van der Waals surface area (Å²) in [5, 5.41) is 0. The Balaban J connectivity index is -0.000000278. The van der Waals surface area contributed by atoms with E-state index in [0.717, 1.165) is 0 Å². The van der Waals surface area contributed by atoms with E-state index < -0.39 is 96.5 Å². The summed E-state index contributed by atoms with van der Waals surface area (Å²) in [5.41, 5.74) is 0. The Morgan fingerprint density at radius 3 is 1.49 bits per heavy atom. The first-order valence-electron chi connectivity index (χ1n) is 9.27. The molecule has 0 aromatic heterocycles. The Bertz CT molecular complexity index is 1100. The molecule has 1 rings (SSSR count). The second-order valence-corrected chi connectivity index (χ2v) is 7.46. The van der Waals surface area contributed by atoms with Crippen LogP contribution in [0.2, 0.25) is 0 Å². The molecule has 286 valence electrons. The highest BCUT2D eigenvalue weighted by Gasteiger charge is 2.68. The second-order valence-electron chi connectivity index (χ2n) is 6.32. The van der Waals surface area contributed by atoms with Crippen molar-refractivity contribution in [3.63, 3.8) is 0 Å². The van der Waals surface area contributed by atoms with Crippen molar-refractivity contribution in [2.45, 2.75) is 49.7 Å². The third-order valence-corrected chi connectivity index (χ3v) is 2.80. The smallest absolute Gasteiger partial charge is 0.476 e. The largest absolute Gasteiger partial charge is 0.746 e. The summed E-state index contributed by atoms with van der Waals surface area (Å²) in [6, 6.07) is -3.53. The van der Waals surface area contributed by atoms with Crippen LogP contribution in [-0.4, -0.2) is 73.5 Å². The van der Waals surface area contributed by atoms with Gasteiger partial charge >= 0.3 is 71.5 Å². The van der Waals surface area contributed by atoms with Gasteiger partial charge in [0.2, 0.25) is 6.86 Å². The fraction of sp³-hybridized carbons (Fsp3) is 0.714.